The number of hydrogen-bond donors (Lipinski definition) is 3. The van der Waals surface area contributed by atoms with Gasteiger partial charge >= 0.3 is 0 Å². The highest BCUT2D eigenvalue weighted by atomic mass is 35.5. The van der Waals surface area contributed by atoms with Gasteiger partial charge in [-0.3, -0.25) is 5.10 Å². The Morgan fingerprint density at radius 1 is 1.25 bits per heavy atom. The monoisotopic (exact) mass is 232 g/mol. The molecule has 0 bridgehead atoms. The lowest BCUT2D eigenvalue weighted by molar-refractivity contribution is 1.10. The Morgan fingerprint density at radius 2 is 2.12 bits per heavy atom. The van der Waals surface area contributed by atoms with Crippen LogP contribution in [-0.2, 0) is 0 Å². The van der Waals surface area contributed by atoms with Crippen molar-refractivity contribution in [2.24, 2.45) is 0 Å². The molecule has 0 spiro atoms. The second-order valence-electron chi connectivity index (χ2n) is 3.60. The third-order valence-corrected chi connectivity index (χ3v) is 2.85. The second kappa shape index (κ2) is 3.28. The van der Waals surface area contributed by atoms with Gasteiger partial charge < -0.3 is 10.7 Å². The number of aromatic amines is 2. The molecule has 4 nitrogen and oxygen atoms in total. The first-order valence-electron chi connectivity index (χ1n) is 4.82. The predicted octanol–water partition coefficient (Wildman–Crippen LogP) is 2.79. The molecule has 0 amide bonds. The Labute approximate surface area is 96.4 Å². The Kier molecular flexibility index (Phi) is 1.91. The van der Waals surface area contributed by atoms with Crippen LogP contribution in [0.1, 0.15) is 0 Å². The normalized spacial score (nSPS) is 11.1. The molecule has 0 saturated carbocycles. The first-order chi connectivity index (χ1) is 7.74. The fourth-order valence-electron chi connectivity index (χ4n) is 1.74. The third kappa shape index (κ3) is 1.35. The lowest BCUT2D eigenvalue weighted by atomic mass is 10.1. The van der Waals surface area contributed by atoms with E-state index in [0.717, 1.165) is 27.2 Å². The minimum absolute atomic E-state index is 0.486. The van der Waals surface area contributed by atoms with Gasteiger partial charge in [0.1, 0.15) is 5.82 Å². The first kappa shape index (κ1) is 9.30. The van der Waals surface area contributed by atoms with E-state index >= 15 is 0 Å². The SMILES string of the molecule is Nc1cc(-c2ccc3c(Cl)c[nH]c3c2)[nH]n1. The van der Waals surface area contributed by atoms with Crippen molar-refractivity contribution < 1.29 is 0 Å². The van der Waals surface area contributed by atoms with Crippen molar-refractivity contribution in [2.75, 3.05) is 5.73 Å². The summed E-state index contributed by atoms with van der Waals surface area (Å²) in [5.74, 6) is 0.486. The highest BCUT2D eigenvalue weighted by Crippen LogP contribution is 2.27. The number of H-pyrrole nitrogens is 2. The molecule has 0 unspecified atom stereocenters. The maximum absolute atomic E-state index is 6.00. The number of nitrogens with zero attached hydrogens (tertiary/aromatic N) is 1. The van der Waals surface area contributed by atoms with Crippen molar-refractivity contribution in [2.45, 2.75) is 0 Å². The van der Waals surface area contributed by atoms with Crippen LogP contribution in [0.25, 0.3) is 22.2 Å². The summed E-state index contributed by atoms with van der Waals surface area (Å²) in [6.07, 6.45) is 1.78. The third-order valence-electron chi connectivity index (χ3n) is 2.54. The Morgan fingerprint density at radius 3 is 2.88 bits per heavy atom. The molecule has 0 fully saturated rings. The van der Waals surface area contributed by atoms with Crippen molar-refractivity contribution in [3.63, 3.8) is 0 Å². The average Bonchev–Trinajstić information content (AvgIpc) is 2.86. The van der Waals surface area contributed by atoms with Crippen LogP contribution < -0.4 is 5.73 Å². The van der Waals surface area contributed by atoms with Gasteiger partial charge in [0.05, 0.1) is 10.7 Å². The van der Waals surface area contributed by atoms with Gasteiger partial charge in [-0.15, -0.1) is 0 Å². The fourth-order valence-corrected chi connectivity index (χ4v) is 1.96. The van der Waals surface area contributed by atoms with Gasteiger partial charge in [-0.1, -0.05) is 23.7 Å². The standard InChI is InChI=1S/C11H9ClN4/c12-8-5-14-10-3-6(1-2-7(8)10)9-4-11(13)16-15-9/h1-5,14H,(H3,13,15,16). The highest BCUT2D eigenvalue weighted by molar-refractivity contribution is 6.35. The number of rotatable bonds is 1. The lowest BCUT2D eigenvalue weighted by Gasteiger charge is -1.97. The maximum Gasteiger partial charge on any atom is 0.145 e. The van der Waals surface area contributed by atoms with Gasteiger partial charge in [0, 0.05) is 28.7 Å². The maximum atomic E-state index is 6.00. The van der Waals surface area contributed by atoms with Crippen molar-refractivity contribution >= 4 is 28.3 Å². The van der Waals surface area contributed by atoms with E-state index in [1.807, 2.05) is 18.2 Å². The topological polar surface area (TPSA) is 70.5 Å². The molecule has 0 radical (unpaired) electrons. The van der Waals surface area contributed by atoms with E-state index < -0.39 is 0 Å². The van der Waals surface area contributed by atoms with Crippen molar-refractivity contribution in [3.8, 4) is 11.3 Å². The van der Waals surface area contributed by atoms with E-state index in [0.29, 0.717) is 5.82 Å². The number of halogens is 1. The highest BCUT2D eigenvalue weighted by Gasteiger charge is 2.05. The number of hydrogen-bond acceptors (Lipinski definition) is 2. The zero-order valence-corrected chi connectivity index (χ0v) is 9.05. The Balaban J connectivity index is 2.18. The molecule has 0 saturated heterocycles. The summed E-state index contributed by atoms with van der Waals surface area (Å²) < 4.78 is 0. The van der Waals surface area contributed by atoms with Gasteiger partial charge in [0.25, 0.3) is 0 Å². The minimum atomic E-state index is 0.486. The predicted molar refractivity (Wildman–Crippen MR) is 65.3 cm³/mol. The smallest absolute Gasteiger partial charge is 0.145 e. The van der Waals surface area contributed by atoms with E-state index in [-0.39, 0.29) is 0 Å². The van der Waals surface area contributed by atoms with E-state index in [2.05, 4.69) is 15.2 Å². The summed E-state index contributed by atoms with van der Waals surface area (Å²) in [7, 11) is 0. The van der Waals surface area contributed by atoms with E-state index in [1.165, 1.54) is 0 Å². The molecule has 5 heteroatoms. The van der Waals surface area contributed by atoms with Crippen LogP contribution in [0.3, 0.4) is 0 Å². The van der Waals surface area contributed by atoms with Crippen molar-refractivity contribution in [3.05, 3.63) is 35.5 Å². The number of benzene rings is 1. The number of anilines is 1. The molecule has 2 aromatic heterocycles. The molecule has 0 aliphatic heterocycles. The first-order valence-corrected chi connectivity index (χ1v) is 5.20. The molecule has 3 aromatic rings. The molecule has 2 heterocycles. The molecule has 3 rings (SSSR count). The summed E-state index contributed by atoms with van der Waals surface area (Å²) in [5, 5.41) is 8.51. The van der Waals surface area contributed by atoms with E-state index in [9.17, 15) is 0 Å². The van der Waals surface area contributed by atoms with Crippen LogP contribution in [0, 0.1) is 0 Å². The molecule has 0 aliphatic rings. The fraction of sp³-hybridized carbons (Fsp3) is 0. The van der Waals surface area contributed by atoms with Gasteiger partial charge in [0.2, 0.25) is 0 Å². The quantitative estimate of drug-likeness (QED) is 0.604. The molecule has 0 aliphatic carbocycles. The summed E-state index contributed by atoms with van der Waals surface area (Å²) in [6.45, 7) is 0. The molecular weight excluding hydrogens is 224 g/mol. The van der Waals surface area contributed by atoms with E-state index in [4.69, 9.17) is 17.3 Å². The van der Waals surface area contributed by atoms with Crippen LogP contribution in [0.5, 0.6) is 0 Å². The summed E-state index contributed by atoms with van der Waals surface area (Å²) in [4.78, 5) is 3.11. The molecule has 1 aromatic carbocycles. The van der Waals surface area contributed by atoms with Crippen LogP contribution in [-0.4, -0.2) is 15.2 Å². The molecular formula is C11H9ClN4. The van der Waals surface area contributed by atoms with Gasteiger partial charge in [-0.2, -0.15) is 5.10 Å². The summed E-state index contributed by atoms with van der Waals surface area (Å²) in [5.41, 5.74) is 8.47. The van der Waals surface area contributed by atoms with Crippen LogP contribution in [0.15, 0.2) is 30.5 Å². The minimum Gasteiger partial charge on any atom is -0.382 e. The number of nitrogen functional groups attached to an aromatic ring is 1. The van der Waals surface area contributed by atoms with Crippen LogP contribution in [0.2, 0.25) is 5.02 Å². The Hall–Kier alpha value is -1.94. The molecule has 80 valence electrons. The summed E-state index contributed by atoms with van der Waals surface area (Å²) >= 11 is 6.00. The number of aromatic nitrogens is 3. The second-order valence-corrected chi connectivity index (χ2v) is 4.01. The zero-order valence-electron chi connectivity index (χ0n) is 8.29. The van der Waals surface area contributed by atoms with Crippen molar-refractivity contribution in [1.29, 1.82) is 0 Å². The number of nitrogens with two attached hydrogens (primary N) is 1. The molecule has 0 atom stereocenters. The van der Waals surface area contributed by atoms with Crippen LogP contribution >= 0.6 is 11.6 Å². The number of nitrogens with one attached hydrogen (secondary N) is 2. The van der Waals surface area contributed by atoms with Gasteiger partial charge in [-0.25, -0.2) is 0 Å². The number of fused-ring (bicyclic) bond motifs is 1. The summed E-state index contributed by atoms with van der Waals surface area (Å²) in [6, 6.07) is 7.76. The Bertz CT molecular complexity index is 653. The molecule has 4 N–H and O–H groups in total. The van der Waals surface area contributed by atoms with E-state index in [1.54, 1.807) is 12.3 Å². The van der Waals surface area contributed by atoms with Crippen LogP contribution in [0.4, 0.5) is 5.82 Å². The largest absolute Gasteiger partial charge is 0.382 e. The average molecular weight is 233 g/mol. The van der Waals surface area contributed by atoms with Crippen molar-refractivity contribution in [1.82, 2.24) is 15.2 Å². The lowest BCUT2D eigenvalue weighted by Crippen LogP contribution is -1.81. The van der Waals surface area contributed by atoms with Gasteiger partial charge in [-0.05, 0) is 6.07 Å². The molecule has 16 heavy (non-hydrogen) atoms. The van der Waals surface area contributed by atoms with Gasteiger partial charge in [0.15, 0.2) is 0 Å². The zero-order chi connectivity index (χ0) is 11.1.